The van der Waals surface area contributed by atoms with Crippen LogP contribution in [0.25, 0.3) is 5.57 Å². The molecule has 188 valence electrons. The zero-order valence-electron chi connectivity index (χ0n) is 21.8. The second-order valence-electron chi connectivity index (χ2n) is 8.78. The van der Waals surface area contributed by atoms with Crippen molar-refractivity contribution in [2.24, 2.45) is 0 Å². The Morgan fingerprint density at radius 1 is 1.03 bits per heavy atom. The average molecular weight is 485 g/mol. The number of carbonyl (C=O) groups is 1. The van der Waals surface area contributed by atoms with Gasteiger partial charge in [0.15, 0.2) is 0 Å². The predicted octanol–water partition coefficient (Wildman–Crippen LogP) is 6.23. The molecule has 1 aliphatic carbocycles. The number of esters is 1. The smallest absolute Gasteiger partial charge is 0.339 e. The Bertz CT molecular complexity index is 1220. The molecule has 0 amide bonds. The number of allylic oxidation sites excluding steroid dienone is 1. The van der Waals surface area contributed by atoms with Crippen LogP contribution in [-0.2, 0) is 4.74 Å². The maximum absolute atomic E-state index is 13.0. The molecular weight excluding hydrogens is 448 g/mol. The summed E-state index contributed by atoms with van der Waals surface area (Å²) in [7, 11) is 0. The number of nitrogens with zero attached hydrogens (tertiary/aromatic N) is 2. The minimum absolute atomic E-state index is 0.153. The van der Waals surface area contributed by atoms with E-state index in [1.165, 1.54) is 0 Å². The molecule has 0 saturated carbocycles. The molecule has 1 aliphatic heterocycles. The quantitative estimate of drug-likeness (QED) is 0.295. The highest BCUT2D eigenvalue weighted by Gasteiger charge is 2.30. The van der Waals surface area contributed by atoms with Crippen LogP contribution in [-0.4, -0.2) is 49.7 Å². The van der Waals surface area contributed by atoms with E-state index >= 15 is 0 Å². The van der Waals surface area contributed by atoms with Crippen molar-refractivity contribution in [3.8, 4) is 5.75 Å². The Hall–Kier alpha value is -3.57. The highest BCUT2D eigenvalue weighted by molar-refractivity contribution is 6.01. The summed E-state index contributed by atoms with van der Waals surface area (Å²) in [4.78, 5) is 17.7. The largest absolute Gasteiger partial charge is 0.458 e. The molecule has 5 nitrogen and oxygen atoms in total. The summed E-state index contributed by atoms with van der Waals surface area (Å²) >= 11 is 0. The lowest BCUT2D eigenvalue weighted by molar-refractivity contribution is 0.0549. The number of hydrogen-bond acceptors (Lipinski definition) is 5. The van der Waals surface area contributed by atoms with Gasteiger partial charge in [0.05, 0.1) is 11.6 Å². The summed E-state index contributed by atoms with van der Waals surface area (Å²) in [6.07, 6.45) is 8.12. The first-order chi connectivity index (χ1) is 17.6. The molecule has 0 bridgehead atoms. The van der Waals surface area contributed by atoms with E-state index in [1.54, 1.807) is 6.08 Å². The standard InChI is InChI=1S/C31H36N2O3/c1-6-19-35-31(34)25-14-12-11-13-24(25)30-26-17-15-22(32(7-2)8-3)20-28(26)36-29-21-23(16-18-27(29)30)33(9-4)10-5/h6,11-18,20-22H,1,7-10,19H2,2-5H3. The topological polar surface area (TPSA) is 42.0 Å². The minimum atomic E-state index is -0.363. The Kier molecular flexibility index (Phi) is 8.11. The maximum atomic E-state index is 13.0. The van der Waals surface area contributed by atoms with Crippen LogP contribution in [0.4, 0.5) is 5.69 Å². The van der Waals surface area contributed by atoms with E-state index in [4.69, 9.17) is 9.47 Å². The van der Waals surface area contributed by atoms with Crippen LogP contribution in [0.2, 0.25) is 0 Å². The zero-order valence-corrected chi connectivity index (χ0v) is 21.8. The molecule has 0 fully saturated rings. The van der Waals surface area contributed by atoms with E-state index in [1.807, 2.05) is 24.3 Å². The fraction of sp³-hybridized carbons (Fsp3) is 0.323. The highest BCUT2D eigenvalue weighted by atomic mass is 16.5. The first-order valence-corrected chi connectivity index (χ1v) is 12.9. The normalized spacial score (nSPS) is 16.1. The van der Waals surface area contributed by atoms with Crippen LogP contribution in [0, 0.1) is 0 Å². The van der Waals surface area contributed by atoms with E-state index in [0.29, 0.717) is 5.56 Å². The van der Waals surface area contributed by atoms with Crippen molar-refractivity contribution < 1.29 is 14.3 Å². The number of benzene rings is 2. The number of ether oxygens (including phenoxy) is 2. The van der Waals surface area contributed by atoms with Gasteiger partial charge in [0.25, 0.3) is 0 Å². The van der Waals surface area contributed by atoms with Gasteiger partial charge in [-0.05, 0) is 56.8 Å². The maximum Gasteiger partial charge on any atom is 0.339 e. The summed E-state index contributed by atoms with van der Waals surface area (Å²) in [6.45, 7) is 16.2. The molecule has 2 aromatic rings. The molecule has 0 saturated heterocycles. The fourth-order valence-corrected chi connectivity index (χ4v) is 4.98. The predicted molar refractivity (Wildman–Crippen MR) is 148 cm³/mol. The van der Waals surface area contributed by atoms with E-state index in [-0.39, 0.29) is 18.6 Å². The van der Waals surface area contributed by atoms with Crippen molar-refractivity contribution in [2.75, 3.05) is 37.7 Å². The number of fused-ring (bicyclic) bond motifs is 2. The third-order valence-corrected chi connectivity index (χ3v) is 6.88. The molecule has 1 atom stereocenters. The van der Waals surface area contributed by atoms with Crippen LogP contribution in [0.5, 0.6) is 5.75 Å². The van der Waals surface area contributed by atoms with Gasteiger partial charge in [-0.2, -0.15) is 0 Å². The molecular formula is C31H36N2O3. The van der Waals surface area contributed by atoms with Gasteiger partial charge < -0.3 is 14.4 Å². The molecule has 1 unspecified atom stereocenters. The van der Waals surface area contributed by atoms with Gasteiger partial charge in [0.2, 0.25) is 0 Å². The number of rotatable bonds is 10. The number of likely N-dealkylation sites (N-methyl/N-ethyl adjacent to an activating group) is 1. The third kappa shape index (κ3) is 4.89. The molecule has 0 aromatic heterocycles. The van der Waals surface area contributed by atoms with Crippen LogP contribution in [0.3, 0.4) is 0 Å². The SMILES string of the molecule is C=CCOC(=O)c1ccccc1C1=C2C=CC(N(CC)CC)C=C2Oc2cc(N(CC)CC)ccc21. The van der Waals surface area contributed by atoms with Gasteiger partial charge in [-0.3, -0.25) is 4.90 Å². The molecule has 0 N–H and O–H groups in total. The molecule has 1 heterocycles. The van der Waals surface area contributed by atoms with Gasteiger partial charge in [-0.25, -0.2) is 4.79 Å². The Morgan fingerprint density at radius 3 is 2.47 bits per heavy atom. The van der Waals surface area contributed by atoms with Crippen molar-refractivity contribution >= 4 is 17.2 Å². The second-order valence-corrected chi connectivity index (χ2v) is 8.78. The molecule has 2 aliphatic rings. The molecule has 2 aromatic carbocycles. The summed E-state index contributed by atoms with van der Waals surface area (Å²) < 4.78 is 12.0. The third-order valence-electron chi connectivity index (χ3n) is 6.88. The van der Waals surface area contributed by atoms with Gasteiger partial charge >= 0.3 is 5.97 Å². The Morgan fingerprint density at radius 2 is 1.78 bits per heavy atom. The first-order valence-electron chi connectivity index (χ1n) is 12.9. The molecule has 36 heavy (non-hydrogen) atoms. The summed E-state index contributed by atoms with van der Waals surface area (Å²) in [5.74, 6) is 1.26. The summed E-state index contributed by atoms with van der Waals surface area (Å²) in [6, 6.07) is 14.1. The Balaban J connectivity index is 1.91. The van der Waals surface area contributed by atoms with Gasteiger partial charge in [-0.1, -0.05) is 56.9 Å². The lowest BCUT2D eigenvalue weighted by Gasteiger charge is -2.33. The first kappa shape index (κ1) is 25.5. The van der Waals surface area contributed by atoms with E-state index in [9.17, 15) is 4.79 Å². The molecule has 5 heteroatoms. The van der Waals surface area contributed by atoms with E-state index in [0.717, 1.165) is 65.6 Å². The summed E-state index contributed by atoms with van der Waals surface area (Å²) in [5.41, 5.74) is 5.40. The zero-order chi connectivity index (χ0) is 25.7. The second kappa shape index (κ2) is 11.4. The lowest BCUT2D eigenvalue weighted by Crippen LogP contribution is -2.34. The van der Waals surface area contributed by atoms with Crippen LogP contribution in [0.15, 0.2) is 84.7 Å². The number of carbonyl (C=O) groups excluding carboxylic acids is 1. The van der Waals surface area contributed by atoms with Crippen molar-refractivity contribution in [2.45, 2.75) is 33.7 Å². The number of hydrogen-bond donors (Lipinski definition) is 0. The van der Waals surface area contributed by atoms with Gasteiger partial charge in [0, 0.05) is 41.6 Å². The monoisotopic (exact) mass is 484 g/mol. The van der Waals surface area contributed by atoms with E-state index in [2.05, 4.69) is 80.5 Å². The lowest BCUT2D eigenvalue weighted by atomic mass is 9.85. The molecule has 4 rings (SSSR count). The van der Waals surface area contributed by atoms with Crippen molar-refractivity contribution in [3.63, 3.8) is 0 Å². The number of anilines is 1. The highest BCUT2D eigenvalue weighted by Crippen LogP contribution is 2.45. The summed E-state index contributed by atoms with van der Waals surface area (Å²) in [5, 5.41) is 0. The Labute approximate surface area is 215 Å². The van der Waals surface area contributed by atoms with Crippen molar-refractivity contribution in [1.82, 2.24) is 4.90 Å². The minimum Gasteiger partial charge on any atom is -0.458 e. The van der Waals surface area contributed by atoms with E-state index < -0.39 is 0 Å². The van der Waals surface area contributed by atoms with Crippen LogP contribution < -0.4 is 9.64 Å². The van der Waals surface area contributed by atoms with Crippen molar-refractivity contribution in [1.29, 1.82) is 0 Å². The van der Waals surface area contributed by atoms with Crippen LogP contribution in [0.1, 0.15) is 49.2 Å². The fourth-order valence-electron chi connectivity index (χ4n) is 4.98. The van der Waals surface area contributed by atoms with Gasteiger partial charge in [-0.15, -0.1) is 0 Å². The van der Waals surface area contributed by atoms with Crippen molar-refractivity contribution in [3.05, 3.63) is 101 Å². The average Bonchev–Trinajstić information content (AvgIpc) is 2.91. The molecule has 0 spiro atoms. The van der Waals surface area contributed by atoms with Gasteiger partial charge in [0.1, 0.15) is 18.1 Å². The van der Waals surface area contributed by atoms with Crippen LogP contribution >= 0.6 is 0 Å². The molecule has 0 radical (unpaired) electrons.